The summed E-state index contributed by atoms with van der Waals surface area (Å²) >= 11 is 0. The van der Waals surface area contributed by atoms with E-state index in [1.807, 2.05) is 13.0 Å². The fourth-order valence-corrected chi connectivity index (χ4v) is 2.83. The summed E-state index contributed by atoms with van der Waals surface area (Å²) < 4.78 is 0. The predicted octanol–water partition coefficient (Wildman–Crippen LogP) is 2.93. The monoisotopic (exact) mass is 253 g/mol. The van der Waals surface area contributed by atoms with E-state index in [4.69, 9.17) is 10.7 Å². The molecule has 0 amide bonds. The van der Waals surface area contributed by atoms with Gasteiger partial charge in [0.1, 0.15) is 5.82 Å². The van der Waals surface area contributed by atoms with Gasteiger partial charge in [0.15, 0.2) is 0 Å². The average molecular weight is 253 g/mol. The number of aryl methyl sites for hydroxylation is 1. The molecule has 2 heterocycles. The van der Waals surface area contributed by atoms with E-state index in [-0.39, 0.29) is 0 Å². The zero-order chi connectivity index (χ0) is 13.4. The fourth-order valence-electron chi connectivity index (χ4n) is 2.83. The van der Waals surface area contributed by atoms with Crippen molar-refractivity contribution in [3.63, 3.8) is 0 Å². The van der Waals surface area contributed by atoms with Gasteiger partial charge < -0.3 is 10.6 Å². The lowest BCUT2D eigenvalue weighted by Gasteiger charge is -2.26. The van der Waals surface area contributed by atoms with Crippen LogP contribution in [0.4, 0.5) is 11.5 Å². The number of hydrogen-bond donors (Lipinski definition) is 1. The quantitative estimate of drug-likeness (QED) is 0.894. The van der Waals surface area contributed by atoms with Gasteiger partial charge in [0.05, 0.1) is 0 Å². The molecule has 1 unspecified atom stereocenters. The van der Waals surface area contributed by atoms with E-state index in [0.717, 1.165) is 23.5 Å². The van der Waals surface area contributed by atoms with E-state index in [1.165, 1.54) is 11.3 Å². The summed E-state index contributed by atoms with van der Waals surface area (Å²) in [6.45, 7) is 4.79. The molecule has 2 N–H and O–H groups in total. The number of pyridine rings is 1. The van der Waals surface area contributed by atoms with Gasteiger partial charge in [0.2, 0.25) is 0 Å². The smallest absolute Gasteiger partial charge is 0.138 e. The Hall–Kier alpha value is -1.87. The Morgan fingerprint density at radius 1 is 1.26 bits per heavy atom. The Morgan fingerprint density at radius 3 is 2.84 bits per heavy atom. The van der Waals surface area contributed by atoms with Gasteiger partial charge in [-0.15, -0.1) is 0 Å². The number of nitrogens with two attached hydrogens (primary N) is 1. The highest BCUT2D eigenvalue weighted by atomic mass is 15.2. The first-order chi connectivity index (χ1) is 9.20. The van der Waals surface area contributed by atoms with Crippen molar-refractivity contribution < 1.29 is 0 Å². The SMILES string of the molecule is Cc1ccc(CN)c(N2c3ccccc3CC2C)n1. The zero-order valence-corrected chi connectivity index (χ0v) is 11.4. The summed E-state index contributed by atoms with van der Waals surface area (Å²) in [5.74, 6) is 1.01. The minimum absolute atomic E-state index is 0.428. The molecule has 1 atom stereocenters. The Morgan fingerprint density at radius 2 is 2.05 bits per heavy atom. The highest BCUT2D eigenvalue weighted by Crippen LogP contribution is 2.38. The topological polar surface area (TPSA) is 42.1 Å². The predicted molar refractivity (Wildman–Crippen MR) is 78.6 cm³/mol. The Balaban J connectivity index is 2.14. The molecule has 19 heavy (non-hydrogen) atoms. The molecule has 3 rings (SSSR count). The summed E-state index contributed by atoms with van der Waals surface area (Å²) in [6.07, 6.45) is 1.07. The molecule has 1 aliphatic heterocycles. The van der Waals surface area contributed by atoms with E-state index in [0.29, 0.717) is 12.6 Å². The van der Waals surface area contributed by atoms with Crippen molar-refractivity contribution in [2.45, 2.75) is 32.9 Å². The fraction of sp³-hybridized carbons (Fsp3) is 0.312. The molecule has 0 saturated heterocycles. The number of aromatic nitrogens is 1. The van der Waals surface area contributed by atoms with Crippen LogP contribution in [0.3, 0.4) is 0 Å². The summed E-state index contributed by atoms with van der Waals surface area (Å²) in [5.41, 5.74) is 10.7. The summed E-state index contributed by atoms with van der Waals surface area (Å²) in [5, 5.41) is 0. The van der Waals surface area contributed by atoms with Crippen LogP contribution < -0.4 is 10.6 Å². The Labute approximate surface area is 114 Å². The van der Waals surface area contributed by atoms with E-state index >= 15 is 0 Å². The number of benzene rings is 1. The lowest BCUT2D eigenvalue weighted by atomic mass is 10.1. The highest BCUT2D eigenvalue weighted by molar-refractivity contribution is 5.70. The third kappa shape index (κ3) is 2.00. The van der Waals surface area contributed by atoms with E-state index < -0.39 is 0 Å². The molecular weight excluding hydrogens is 234 g/mol. The van der Waals surface area contributed by atoms with Crippen molar-refractivity contribution in [2.24, 2.45) is 5.73 Å². The van der Waals surface area contributed by atoms with Crippen LogP contribution in [0, 0.1) is 6.92 Å². The molecule has 1 aromatic carbocycles. The lowest BCUT2D eigenvalue weighted by Crippen LogP contribution is -2.26. The van der Waals surface area contributed by atoms with Crippen LogP contribution in [0.5, 0.6) is 0 Å². The Kier molecular flexibility index (Phi) is 2.99. The van der Waals surface area contributed by atoms with Crippen LogP contribution in [0.2, 0.25) is 0 Å². The van der Waals surface area contributed by atoms with E-state index in [9.17, 15) is 0 Å². The second-order valence-corrected chi connectivity index (χ2v) is 5.19. The second kappa shape index (κ2) is 4.67. The zero-order valence-electron chi connectivity index (χ0n) is 11.4. The van der Waals surface area contributed by atoms with Crippen LogP contribution in [0.15, 0.2) is 36.4 Å². The standard InChI is InChI=1S/C16H19N3/c1-11-7-8-14(10-17)16(18-11)19-12(2)9-13-5-3-4-6-15(13)19/h3-8,12H,9-10,17H2,1-2H3. The van der Waals surface area contributed by atoms with Gasteiger partial charge in [0, 0.05) is 29.5 Å². The molecule has 1 aromatic heterocycles. The highest BCUT2D eigenvalue weighted by Gasteiger charge is 2.28. The third-order valence-electron chi connectivity index (χ3n) is 3.75. The molecule has 0 bridgehead atoms. The number of rotatable bonds is 2. The van der Waals surface area contributed by atoms with Crippen LogP contribution in [0.1, 0.15) is 23.7 Å². The number of para-hydroxylation sites is 1. The maximum atomic E-state index is 5.87. The first-order valence-electron chi connectivity index (χ1n) is 6.74. The molecule has 0 saturated carbocycles. The molecule has 0 aliphatic carbocycles. The molecule has 3 nitrogen and oxygen atoms in total. The van der Waals surface area contributed by atoms with Gasteiger partial charge in [-0.25, -0.2) is 4.98 Å². The van der Waals surface area contributed by atoms with E-state index in [1.54, 1.807) is 0 Å². The van der Waals surface area contributed by atoms with Gasteiger partial charge in [0.25, 0.3) is 0 Å². The molecule has 98 valence electrons. The third-order valence-corrected chi connectivity index (χ3v) is 3.75. The van der Waals surface area contributed by atoms with Crippen molar-refractivity contribution in [1.82, 2.24) is 4.98 Å². The lowest BCUT2D eigenvalue weighted by molar-refractivity contribution is 0.744. The van der Waals surface area contributed by atoms with Gasteiger partial charge in [-0.1, -0.05) is 24.3 Å². The van der Waals surface area contributed by atoms with Crippen molar-refractivity contribution in [1.29, 1.82) is 0 Å². The minimum atomic E-state index is 0.428. The molecule has 0 radical (unpaired) electrons. The first kappa shape index (κ1) is 12.2. The summed E-state index contributed by atoms with van der Waals surface area (Å²) in [6, 6.07) is 13.1. The van der Waals surface area contributed by atoms with Crippen molar-refractivity contribution in [2.75, 3.05) is 4.90 Å². The number of hydrogen-bond acceptors (Lipinski definition) is 3. The number of anilines is 2. The molecule has 2 aromatic rings. The van der Waals surface area contributed by atoms with Crippen molar-refractivity contribution in [3.8, 4) is 0 Å². The summed E-state index contributed by atoms with van der Waals surface area (Å²) in [7, 11) is 0. The minimum Gasteiger partial charge on any atom is -0.326 e. The molecule has 0 fully saturated rings. The summed E-state index contributed by atoms with van der Waals surface area (Å²) in [4.78, 5) is 7.05. The van der Waals surface area contributed by atoms with Gasteiger partial charge in [-0.3, -0.25) is 0 Å². The largest absolute Gasteiger partial charge is 0.326 e. The second-order valence-electron chi connectivity index (χ2n) is 5.19. The van der Waals surface area contributed by atoms with Crippen LogP contribution in [0.25, 0.3) is 0 Å². The van der Waals surface area contributed by atoms with Crippen LogP contribution in [-0.4, -0.2) is 11.0 Å². The molecule has 0 spiro atoms. The van der Waals surface area contributed by atoms with Crippen LogP contribution >= 0.6 is 0 Å². The number of nitrogens with zero attached hydrogens (tertiary/aromatic N) is 2. The molecular formula is C16H19N3. The molecule has 1 aliphatic rings. The first-order valence-corrected chi connectivity index (χ1v) is 6.74. The molecule has 3 heteroatoms. The maximum Gasteiger partial charge on any atom is 0.138 e. The van der Waals surface area contributed by atoms with Gasteiger partial charge in [-0.05, 0) is 38.0 Å². The normalized spacial score (nSPS) is 17.6. The van der Waals surface area contributed by atoms with Gasteiger partial charge >= 0.3 is 0 Å². The van der Waals surface area contributed by atoms with E-state index in [2.05, 4.69) is 42.2 Å². The number of fused-ring (bicyclic) bond motifs is 1. The van der Waals surface area contributed by atoms with Gasteiger partial charge in [-0.2, -0.15) is 0 Å². The maximum absolute atomic E-state index is 5.87. The van der Waals surface area contributed by atoms with Crippen LogP contribution in [-0.2, 0) is 13.0 Å². The van der Waals surface area contributed by atoms with Crippen molar-refractivity contribution in [3.05, 3.63) is 53.2 Å². The average Bonchev–Trinajstić information content (AvgIpc) is 2.74. The Bertz CT molecular complexity index is 607. The van der Waals surface area contributed by atoms with Crippen molar-refractivity contribution >= 4 is 11.5 Å².